The molecule has 1 aliphatic rings. The van der Waals surface area contributed by atoms with Gasteiger partial charge in [-0.25, -0.2) is 9.78 Å². The lowest BCUT2D eigenvalue weighted by Gasteiger charge is -2.29. The number of anilines is 1. The van der Waals surface area contributed by atoms with Gasteiger partial charge in [-0.3, -0.25) is 19.2 Å². The third-order valence-corrected chi connectivity index (χ3v) is 8.19. The summed E-state index contributed by atoms with van der Waals surface area (Å²) in [6, 6.07) is 17.9. The maximum Gasteiger partial charge on any atom is 0.408 e. The first-order chi connectivity index (χ1) is 23.7. The van der Waals surface area contributed by atoms with Gasteiger partial charge in [0.15, 0.2) is 5.82 Å². The molecule has 2 aromatic carbocycles. The number of rotatable bonds is 14. The topological polar surface area (TPSA) is 164 Å². The van der Waals surface area contributed by atoms with Gasteiger partial charge < -0.3 is 35.5 Å². The second-order valence-electron chi connectivity index (χ2n) is 14.0. The van der Waals surface area contributed by atoms with Crippen LogP contribution in [-0.2, 0) is 43.4 Å². The summed E-state index contributed by atoms with van der Waals surface area (Å²) in [5.74, 6) is -1.28. The molecule has 268 valence electrons. The van der Waals surface area contributed by atoms with Gasteiger partial charge in [0.25, 0.3) is 0 Å². The number of imidazole rings is 1. The fourth-order valence-electron chi connectivity index (χ4n) is 5.59. The number of likely N-dealkylation sites (tertiary alicyclic amines) is 1. The van der Waals surface area contributed by atoms with Crippen LogP contribution in [0.3, 0.4) is 0 Å². The Kier molecular flexibility index (Phi) is 12.8. The van der Waals surface area contributed by atoms with Crippen LogP contribution in [0.1, 0.15) is 71.4 Å². The Morgan fingerprint density at radius 1 is 0.940 bits per heavy atom. The lowest BCUT2D eigenvalue weighted by molar-refractivity contribution is -0.139. The molecule has 4 rings (SSSR count). The van der Waals surface area contributed by atoms with E-state index in [2.05, 4.69) is 26.3 Å². The van der Waals surface area contributed by atoms with Crippen molar-refractivity contribution in [2.24, 2.45) is 0 Å². The summed E-state index contributed by atoms with van der Waals surface area (Å²) in [6.07, 6.45) is 5.13. The van der Waals surface area contributed by atoms with Crippen molar-refractivity contribution in [3.8, 4) is 0 Å². The largest absolute Gasteiger partial charge is 0.444 e. The van der Waals surface area contributed by atoms with Gasteiger partial charge in [-0.15, -0.1) is 0 Å². The first-order valence-electron chi connectivity index (χ1n) is 17.0. The molecule has 0 unspecified atom stereocenters. The molecule has 13 nitrogen and oxygen atoms in total. The van der Waals surface area contributed by atoms with Crippen molar-refractivity contribution >= 4 is 35.5 Å². The molecule has 3 aromatic rings. The second kappa shape index (κ2) is 17.0. The number of benzene rings is 2. The highest BCUT2D eigenvalue weighted by Gasteiger charge is 2.35. The molecule has 4 N–H and O–H groups in total. The minimum atomic E-state index is -1.38. The average Bonchev–Trinajstić information content (AvgIpc) is 3.73. The van der Waals surface area contributed by atoms with Gasteiger partial charge in [0.05, 0.1) is 6.33 Å². The number of amides is 5. The third kappa shape index (κ3) is 11.5. The molecule has 5 amide bonds. The normalized spacial score (nSPS) is 15.1. The molecule has 50 heavy (non-hydrogen) atoms. The second-order valence-corrected chi connectivity index (χ2v) is 14.0. The molecule has 2 heterocycles. The van der Waals surface area contributed by atoms with E-state index in [9.17, 15) is 24.0 Å². The van der Waals surface area contributed by atoms with Crippen LogP contribution in [0, 0.1) is 0 Å². The molecule has 0 aliphatic carbocycles. The summed E-state index contributed by atoms with van der Waals surface area (Å²) in [5, 5.41) is 11.1. The number of nitrogens with one attached hydrogen (secondary N) is 4. The van der Waals surface area contributed by atoms with Gasteiger partial charge >= 0.3 is 6.09 Å². The Hall–Kier alpha value is -5.20. The summed E-state index contributed by atoms with van der Waals surface area (Å²) in [4.78, 5) is 71.4. The SMILES string of the molecule is CC(C)(C)OC(=O)NC(C)(C)C(=O)N[C@H](CCCc1ccccc1)C(=O)Nc1cn(CC(=O)N2CCC[C@H]2C(=O)NCc2ccccc2)cn1. The van der Waals surface area contributed by atoms with Crippen molar-refractivity contribution in [1.82, 2.24) is 30.4 Å². The van der Waals surface area contributed by atoms with E-state index in [0.29, 0.717) is 38.8 Å². The van der Waals surface area contributed by atoms with Crippen molar-refractivity contribution in [2.75, 3.05) is 11.9 Å². The minimum absolute atomic E-state index is 0.0624. The first kappa shape index (κ1) is 37.6. The predicted molar refractivity (Wildman–Crippen MR) is 189 cm³/mol. The number of aromatic nitrogens is 2. The van der Waals surface area contributed by atoms with Gasteiger partial charge in [0, 0.05) is 19.3 Å². The fourth-order valence-corrected chi connectivity index (χ4v) is 5.59. The van der Waals surface area contributed by atoms with Crippen molar-refractivity contribution < 1.29 is 28.7 Å². The number of alkyl carbamates (subject to hydrolysis) is 1. The van der Waals surface area contributed by atoms with Crippen LogP contribution in [0.25, 0.3) is 0 Å². The Morgan fingerprint density at radius 2 is 1.60 bits per heavy atom. The summed E-state index contributed by atoms with van der Waals surface area (Å²) < 4.78 is 6.86. The average molecular weight is 688 g/mol. The number of nitrogens with zero attached hydrogens (tertiary/aromatic N) is 3. The van der Waals surface area contributed by atoms with E-state index >= 15 is 0 Å². The maximum absolute atomic E-state index is 13.5. The molecule has 1 saturated heterocycles. The quantitative estimate of drug-likeness (QED) is 0.200. The standard InChI is InChI=1S/C37H49N7O6/c1-36(2,3)50-35(49)42-37(4,5)34(48)40-28(19-12-18-26-14-8-6-9-15-26)32(46)41-30-23-43(25-39-30)24-31(45)44-21-13-20-29(44)33(47)38-22-27-16-10-7-11-17-27/h6-11,14-17,23,25,28-29H,12-13,18-22,24H2,1-5H3,(H,38,47)(H,40,48)(H,41,46)(H,42,49)/t28-,29+/m1/s1. The molecule has 0 radical (unpaired) electrons. The molecule has 1 fully saturated rings. The zero-order valence-electron chi connectivity index (χ0n) is 29.5. The third-order valence-electron chi connectivity index (χ3n) is 8.19. The highest BCUT2D eigenvalue weighted by molar-refractivity contribution is 5.98. The summed E-state index contributed by atoms with van der Waals surface area (Å²) in [6.45, 7) is 9.02. The summed E-state index contributed by atoms with van der Waals surface area (Å²) in [5.41, 5.74) is -0.0578. The van der Waals surface area contributed by atoms with E-state index in [1.807, 2.05) is 60.7 Å². The lowest BCUT2D eigenvalue weighted by Crippen LogP contribution is -2.58. The van der Waals surface area contributed by atoms with Gasteiger partial charge in [-0.05, 0) is 77.8 Å². The van der Waals surface area contributed by atoms with Crippen LogP contribution in [0.15, 0.2) is 73.2 Å². The molecule has 0 saturated carbocycles. The van der Waals surface area contributed by atoms with E-state index in [4.69, 9.17) is 4.74 Å². The summed E-state index contributed by atoms with van der Waals surface area (Å²) >= 11 is 0. The van der Waals surface area contributed by atoms with Crippen LogP contribution < -0.4 is 21.3 Å². The van der Waals surface area contributed by atoms with Gasteiger partial charge in [-0.1, -0.05) is 60.7 Å². The summed E-state index contributed by atoms with van der Waals surface area (Å²) in [7, 11) is 0. The molecular weight excluding hydrogens is 638 g/mol. The highest BCUT2D eigenvalue weighted by Crippen LogP contribution is 2.19. The molecule has 0 bridgehead atoms. The Labute approximate surface area is 293 Å². The van der Waals surface area contributed by atoms with E-state index in [1.165, 1.54) is 26.4 Å². The highest BCUT2D eigenvalue weighted by atomic mass is 16.6. The van der Waals surface area contributed by atoms with Crippen molar-refractivity contribution in [3.63, 3.8) is 0 Å². The Balaban J connectivity index is 1.36. The van der Waals surface area contributed by atoms with Crippen LogP contribution >= 0.6 is 0 Å². The monoisotopic (exact) mass is 687 g/mol. The van der Waals surface area contributed by atoms with E-state index in [-0.39, 0.29) is 24.2 Å². The molecule has 13 heteroatoms. The fraction of sp³-hybridized carbons (Fsp3) is 0.459. The van der Waals surface area contributed by atoms with Crippen molar-refractivity contribution in [1.29, 1.82) is 0 Å². The van der Waals surface area contributed by atoms with Crippen LogP contribution in [0.5, 0.6) is 0 Å². The Bertz CT molecular complexity index is 1620. The van der Waals surface area contributed by atoms with Crippen LogP contribution in [0.2, 0.25) is 0 Å². The van der Waals surface area contributed by atoms with Crippen molar-refractivity contribution in [3.05, 3.63) is 84.3 Å². The number of aryl methyl sites for hydroxylation is 1. The maximum atomic E-state index is 13.5. The smallest absolute Gasteiger partial charge is 0.408 e. The number of ether oxygens (including phenoxy) is 1. The van der Waals surface area contributed by atoms with E-state index < -0.39 is 41.1 Å². The lowest BCUT2D eigenvalue weighted by atomic mass is 10.0. The predicted octanol–water partition coefficient (Wildman–Crippen LogP) is 3.94. The molecule has 1 aliphatic heterocycles. The zero-order valence-corrected chi connectivity index (χ0v) is 29.5. The van der Waals surface area contributed by atoms with E-state index in [0.717, 1.165) is 17.5 Å². The first-order valence-corrected chi connectivity index (χ1v) is 17.0. The number of carbonyl (C=O) groups excluding carboxylic acids is 5. The number of hydrogen-bond acceptors (Lipinski definition) is 7. The van der Waals surface area contributed by atoms with Crippen LogP contribution in [0.4, 0.5) is 10.6 Å². The van der Waals surface area contributed by atoms with Gasteiger partial charge in [0.1, 0.15) is 29.8 Å². The number of carbonyl (C=O) groups is 5. The van der Waals surface area contributed by atoms with Crippen LogP contribution in [-0.4, -0.2) is 73.9 Å². The zero-order chi connectivity index (χ0) is 36.3. The minimum Gasteiger partial charge on any atom is -0.444 e. The Morgan fingerprint density at radius 3 is 2.26 bits per heavy atom. The molecule has 1 aromatic heterocycles. The van der Waals surface area contributed by atoms with E-state index in [1.54, 1.807) is 30.2 Å². The number of hydrogen-bond donors (Lipinski definition) is 4. The van der Waals surface area contributed by atoms with Crippen molar-refractivity contribution in [2.45, 2.75) is 103 Å². The molecule has 0 spiro atoms. The van der Waals surface area contributed by atoms with Gasteiger partial charge in [-0.2, -0.15) is 0 Å². The molecular formula is C37H49N7O6. The molecule has 2 atom stereocenters. The van der Waals surface area contributed by atoms with Gasteiger partial charge in [0.2, 0.25) is 23.6 Å².